The Kier molecular flexibility index (Phi) is 2.35. The van der Waals surface area contributed by atoms with E-state index in [-0.39, 0.29) is 23.2 Å². The third kappa shape index (κ3) is 1.29. The molecule has 0 amide bonds. The fourth-order valence-electron chi connectivity index (χ4n) is 7.68. The van der Waals surface area contributed by atoms with Gasteiger partial charge in [0.25, 0.3) is 0 Å². The molecule has 1 aliphatic heterocycles. The average Bonchev–Trinajstić information content (AvgIpc) is 2.92. The molecule has 0 aromatic rings. The van der Waals surface area contributed by atoms with Crippen LogP contribution in [0.1, 0.15) is 51.9 Å². The van der Waals surface area contributed by atoms with Crippen LogP contribution in [0.25, 0.3) is 0 Å². The molecule has 1 heterocycles. The van der Waals surface area contributed by atoms with E-state index >= 15 is 0 Å². The molecule has 4 aliphatic carbocycles. The maximum Gasteiger partial charge on any atom is 0.312 e. The summed E-state index contributed by atoms with van der Waals surface area (Å²) >= 11 is 0. The standard InChI is InChI=1S/C19H24O4/c1-10-8-18-9-11(10)4-5-12(18)19-7-3-6-17(2,16(22)23-19)14(19)13(18)15(20)21/h11-14H,1,3-9H2,2H3,(H,20,21)/p-1/t11-,12-,13-,14-,17-,18+,19-/m1/s1. The van der Waals surface area contributed by atoms with Crippen molar-refractivity contribution in [3.8, 4) is 0 Å². The number of carbonyl (C=O) groups excluding carboxylic acids is 2. The summed E-state index contributed by atoms with van der Waals surface area (Å²) in [5, 5.41) is 12.3. The Bertz CT molecular complexity index is 654. The van der Waals surface area contributed by atoms with Crippen molar-refractivity contribution in [1.29, 1.82) is 0 Å². The molecule has 124 valence electrons. The molecule has 4 bridgehead atoms. The molecule has 1 saturated heterocycles. The number of hydrogen-bond acceptors (Lipinski definition) is 4. The third-order valence-electron chi connectivity index (χ3n) is 8.28. The van der Waals surface area contributed by atoms with Crippen LogP contribution >= 0.6 is 0 Å². The van der Waals surface area contributed by atoms with Crippen molar-refractivity contribution >= 4 is 11.9 Å². The lowest BCUT2D eigenvalue weighted by atomic mass is 9.60. The van der Waals surface area contributed by atoms with Crippen LogP contribution in [0.3, 0.4) is 0 Å². The second-order valence-corrected chi connectivity index (χ2v) is 8.99. The molecule has 0 N–H and O–H groups in total. The summed E-state index contributed by atoms with van der Waals surface area (Å²) < 4.78 is 6.07. The lowest BCUT2D eigenvalue weighted by Gasteiger charge is -2.44. The molecule has 5 fully saturated rings. The van der Waals surface area contributed by atoms with Crippen molar-refractivity contribution in [2.45, 2.75) is 57.5 Å². The predicted molar refractivity (Wildman–Crippen MR) is 79.8 cm³/mol. The highest BCUT2D eigenvalue weighted by atomic mass is 16.6. The summed E-state index contributed by atoms with van der Waals surface area (Å²) in [5.41, 5.74) is -0.268. The van der Waals surface area contributed by atoms with Gasteiger partial charge in [0.1, 0.15) is 5.60 Å². The SMILES string of the molecule is C=C1C[C@]23C[C@H]1CC[C@H]2[C@@]12CCC[C@@](C)(C(=O)O1)[C@H]2[C@@H]3C(=O)[O-]. The van der Waals surface area contributed by atoms with Gasteiger partial charge in [0.15, 0.2) is 0 Å². The first-order chi connectivity index (χ1) is 10.9. The van der Waals surface area contributed by atoms with Gasteiger partial charge in [-0.2, -0.15) is 0 Å². The van der Waals surface area contributed by atoms with E-state index < -0.39 is 22.9 Å². The van der Waals surface area contributed by atoms with Gasteiger partial charge < -0.3 is 14.6 Å². The Balaban J connectivity index is 1.75. The highest BCUT2D eigenvalue weighted by Gasteiger charge is 2.80. The van der Waals surface area contributed by atoms with Gasteiger partial charge in [0.2, 0.25) is 0 Å². The first kappa shape index (κ1) is 14.1. The second-order valence-electron chi connectivity index (χ2n) is 8.99. The molecule has 1 spiro atoms. The maximum absolute atomic E-state index is 12.6. The second kappa shape index (κ2) is 3.84. The van der Waals surface area contributed by atoms with Gasteiger partial charge in [-0.3, -0.25) is 4.79 Å². The number of carboxylic acid groups (broad SMARTS) is 1. The number of carboxylic acids is 1. The van der Waals surface area contributed by atoms with Crippen LogP contribution in [0.4, 0.5) is 0 Å². The molecule has 4 heteroatoms. The first-order valence-electron chi connectivity index (χ1n) is 8.97. The van der Waals surface area contributed by atoms with Gasteiger partial charge in [-0.15, -0.1) is 0 Å². The predicted octanol–water partition coefficient (Wildman–Crippen LogP) is 1.83. The van der Waals surface area contributed by atoms with Crippen molar-refractivity contribution in [1.82, 2.24) is 0 Å². The van der Waals surface area contributed by atoms with Crippen molar-refractivity contribution in [3.05, 3.63) is 12.2 Å². The van der Waals surface area contributed by atoms with Crippen LogP contribution in [-0.4, -0.2) is 17.5 Å². The molecule has 0 aromatic carbocycles. The largest absolute Gasteiger partial charge is 0.550 e. The fourth-order valence-corrected chi connectivity index (χ4v) is 7.68. The smallest absolute Gasteiger partial charge is 0.312 e. The maximum atomic E-state index is 12.6. The van der Waals surface area contributed by atoms with E-state index in [1.165, 1.54) is 5.57 Å². The summed E-state index contributed by atoms with van der Waals surface area (Å²) in [4.78, 5) is 24.9. The lowest BCUT2D eigenvalue weighted by molar-refractivity contribution is -0.318. The Morgan fingerprint density at radius 3 is 2.87 bits per heavy atom. The highest BCUT2D eigenvalue weighted by Crippen LogP contribution is 2.77. The zero-order chi connectivity index (χ0) is 16.2. The van der Waals surface area contributed by atoms with Gasteiger partial charge in [-0.1, -0.05) is 12.2 Å². The minimum Gasteiger partial charge on any atom is -0.550 e. The highest BCUT2D eigenvalue weighted by molar-refractivity contribution is 5.84. The van der Waals surface area contributed by atoms with E-state index in [0.717, 1.165) is 44.9 Å². The Morgan fingerprint density at radius 1 is 1.35 bits per heavy atom. The number of esters is 1. The molecule has 23 heavy (non-hydrogen) atoms. The number of carbonyl (C=O) groups is 2. The topological polar surface area (TPSA) is 66.4 Å². The van der Waals surface area contributed by atoms with Crippen LogP contribution in [-0.2, 0) is 14.3 Å². The van der Waals surface area contributed by atoms with E-state index in [0.29, 0.717) is 5.92 Å². The van der Waals surface area contributed by atoms with Gasteiger partial charge >= 0.3 is 5.97 Å². The van der Waals surface area contributed by atoms with E-state index in [9.17, 15) is 14.7 Å². The number of allylic oxidation sites excluding steroid dienone is 1. The molecular weight excluding hydrogens is 292 g/mol. The molecule has 5 aliphatic rings. The van der Waals surface area contributed by atoms with Gasteiger partial charge in [-0.05, 0) is 63.2 Å². The number of rotatable bonds is 1. The summed E-state index contributed by atoms with van der Waals surface area (Å²) in [6, 6.07) is 0. The van der Waals surface area contributed by atoms with Crippen LogP contribution in [0, 0.1) is 34.5 Å². The molecule has 7 atom stereocenters. The van der Waals surface area contributed by atoms with Crippen LogP contribution in [0.2, 0.25) is 0 Å². The fraction of sp³-hybridized carbons (Fsp3) is 0.789. The summed E-state index contributed by atoms with van der Waals surface area (Å²) in [6.07, 6.45) is 6.24. The minimum atomic E-state index is -0.969. The van der Waals surface area contributed by atoms with Gasteiger partial charge in [0.05, 0.1) is 5.41 Å². The van der Waals surface area contributed by atoms with Crippen molar-refractivity contribution in [3.63, 3.8) is 0 Å². The van der Waals surface area contributed by atoms with Gasteiger partial charge in [-0.25, -0.2) is 0 Å². The normalized spacial score (nSPS) is 56.2. The minimum absolute atomic E-state index is 0.167. The molecule has 4 nitrogen and oxygen atoms in total. The molecule has 5 rings (SSSR count). The van der Waals surface area contributed by atoms with E-state index in [4.69, 9.17) is 4.74 Å². The summed E-state index contributed by atoms with van der Waals surface area (Å²) in [7, 11) is 0. The van der Waals surface area contributed by atoms with Crippen LogP contribution in [0.15, 0.2) is 12.2 Å². The van der Waals surface area contributed by atoms with Crippen LogP contribution in [0.5, 0.6) is 0 Å². The molecule has 4 saturated carbocycles. The Morgan fingerprint density at radius 2 is 2.13 bits per heavy atom. The zero-order valence-corrected chi connectivity index (χ0v) is 13.6. The number of hydrogen-bond donors (Lipinski definition) is 0. The van der Waals surface area contributed by atoms with Gasteiger partial charge in [0, 0.05) is 23.7 Å². The van der Waals surface area contributed by atoms with Crippen molar-refractivity contribution in [2.75, 3.05) is 0 Å². The molecule has 0 radical (unpaired) electrons. The molecule has 0 aromatic heterocycles. The monoisotopic (exact) mass is 315 g/mol. The number of ether oxygens (including phenoxy) is 1. The number of aliphatic carboxylic acids is 1. The molecular formula is C19H23O4-. The van der Waals surface area contributed by atoms with Crippen molar-refractivity contribution < 1.29 is 19.4 Å². The Labute approximate surface area is 136 Å². The zero-order valence-electron chi connectivity index (χ0n) is 13.6. The number of fused-ring (bicyclic) bond motifs is 1. The van der Waals surface area contributed by atoms with Crippen molar-refractivity contribution in [2.24, 2.45) is 34.5 Å². The summed E-state index contributed by atoms with van der Waals surface area (Å²) in [5.74, 6) is -1.29. The average molecular weight is 315 g/mol. The van der Waals surface area contributed by atoms with E-state index in [1.54, 1.807) is 0 Å². The lowest BCUT2D eigenvalue weighted by Crippen LogP contribution is -2.49. The van der Waals surface area contributed by atoms with E-state index in [1.807, 2.05) is 6.92 Å². The first-order valence-corrected chi connectivity index (χ1v) is 8.97. The third-order valence-corrected chi connectivity index (χ3v) is 8.28. The van der Waals surface area contributed by atoms with E-state index in [2.05, 4.69) is 6.58 Å². The Hall–Kier alpha value is -1.32. The molecule has 0 unspecified atom stereocenters. The summed E-state index contributed by atoms with van der Waals surface area (Å²) in [6.45, 7) is 6.17. The van der Waals surface area contributed by atoms with Crippen LogP contribution < -0.4 is 5.11 Å². The quantitative estimate of drug-likeness (QED) is 0.547.